The van der Waals surface area contributed by atoms with Crippen molar-refractivity contribution in [3.05, 3.63) is 0 Å². The van der Waals surface area contributed by atoms with Crippen LogP contribution >= 0.6 is 0 Å². The molecule has 0 atom stereocenters. The fourth-order valence-corrected chi connectivity index (χ4v) is 0.743. The smallest absolute Gasteiger partial charge is 0.134 e. The highest BCUT2D eigenvalue weighted by molar-refractivity contribution is 4.84. The predicted molar refractivity (Wildman–Crippen MR) is 36.9 cm³/mol. The molecule has 1 N–H and O–H groups in total. The van der Waals surface area contributed by atoms with Crippen LogP contribution in [0.5, 0.6) is 0 Å². The van der Waals surface area contributed by atoms with Gasteiger partial charge in [0.2, 0.25) is 0 Å². The zero-order valence-corrected chi connectivity index (χ0v) is 6.46. The van der Waals surface area contributed by atoms with Crippen LogP contribution in [-0.2, 0) is 9.47 Å². The van der Waals surface area contributed by atoms with Gasteiger partial charge in [0, 0.05) is 0 Å². The molecule has 0 aromatic rings. The van der Waals surface area contributed by atoms with Gasteiger partial charge >= 0.3 is 0 Å². The summed E-state index contributed by atoms with van der Waals surface area (Å²) < 4.78 is 10.1. The molecule has 0 saturated carbocycles. The summed E-state index contributed by atoms with van der Waals surface area (Å²) >= 11 is 0. The topological polar surface area (TPSA) is 38.7 Å². The van der Waals surface area contributed by atoms with Crippen molar-refractivity contribution in [1.29, 1.82) is 0 Å². The summed E-state index contributed by atoms with van der Waals surface area (Å²) in [7, 11) is 0. The minimum Gasteiger partial charge on any atom is -0.383 e. The first-order chi connectivity index (χ1) is 4.62. The standard InChI is InChI=1S/C7H14O3/c1-6(2)10-5-7(8)3-9-4-7/h6,8H,3-5H2,1-2H3. The van der Waals surface area contributed by atoms with Gasteiger partial charge in [-0.3, -0.25) is 0 Å². The Hall–Kier alpha value is -0.120. The summed E-state index contributed by atoms with van der Waals surface area (Å²) in [4.78, 5) is 0. The van der Waals surface area contributed by atoms with Gasteiger partial charge in [-0.25, -0.2) is 0 Å². The maximum Gasteiger partial charge on any atom is 0.134 e. The summed E-state index contributed by atoms with van der Waals surface area (Å²) in [6.45, 7) is 5.12. The van der Waals surface area contributed by atoms with Crippen LogP contribution in [0.1, 0.15) is 13.8 Å². The van der Waals surface area contributed by atoms with E-state index < -0.39 is 5.60 Å². The van der Waals surface area contributed by atoms with Gasteiger partial charge in [0.05, 0.1) is 25.9 Å². The summed E-state index contributed by atoms with van der Waals surface area (Å²) in [5.74, 6) is 0. The molecule has 1 heterocycles. The normalized spacial score (nSPS) is 22.8. The first kappa shape index (κ1) is 7.98. The third-order valence-corrected chi connectivity index (χ3v) is 1.43. The fourth-order valence-electron chi connectivity index (χ4n) is 0.743. The molecule has 0 spiro atoms. The summed E-state index contributed by atoms with van der Waals surface area (Å²) in [5.41, 5.74) is -0.690. The Kier molecular flexibility index (Phi) is 2.28. The zero-order chi connectivity index (χ0) is 7.61. The monoisotopic (exact) mass is 146 g/mol. The lowest BCUT2D eigenvalue weighted by Crippen LogP contribution is -2.53. The Bertz CT molecular complexity index is 107. The van der Waals surface area contributed by atoms with Crippen LogP contribution < -0.4 is 0 Å². The van der Waals surface area contributed by atoms with E-state index in [9.17, 15) is 5.11 Å². The first-order valence-electron chi connectivity index (χ1n) is 3.54. The highest BCUT2D eigenvalue weighted by Gasteiger charge is 2.36. The van der Waals surface area contributed by atoms with Crippen LogP contribution in [0.15, 0.2) is 0 Å². The van der Waals surface area contributed by atoms with Gasteiger partial charge in [-0.1, -0.05) is 0 Å². The third-order valence-electron chi connectivity index (χ3n) is 1.43. The molecule has 1 saturated heterocycles. The molecule has 1 rings (SSSR count). The molecular weight excluding hydrogens is 132 g/mol. The molecule has 0 aromatic carbocycles. The number of rotatable bonds is 3. The van der Waals surface area contributed by atoms with Crippen LogP contribution in [0.3, 0.4) is 0 Å². The van der Waals surface area contributed by atoms with Crippen molar-refractivity contribution < 1.29 is 14.6 Å². The number of aliphatic hydroxyl groups is 1. The van der Waals surface area contributed by atoms with Crippen LogP contribution in [-0.4, -0.2) is 36.6 Å². The lowest BCUT2D eigenvalue weighted by Gasteiger charge is -2.36. The largest absolute Gasteiger partial charge is 0.383 e. The average Bonchev–Trinajstić information content (AvgIpc) is 1.79. The Labute approximate surface area is 60.9 Å². The zero-order valence-electron chi connectivity index (χ0n) is 6.46. The minimum atomic E-state index is -0.690. The van der Waals surface area contributed by atoms with E-state index >= 15 is 0 Å². The van der Waals surface area contributed by atoms with E-state index in [0.717, 1.165) is 0 Å². The van der Waals surface area contributed by atoms with Gasteiger partial charge in [0.1, 0.15) is 5.60 Å². The molecule has 0 bridgehead atoms. The molecule has 3 nitrogen and oxygen atoms in total. The van der Waals surface area contributed by atoms with Gasteiger partial charge in [-0.05, 0) is 13.8 Å². The van der Waals surface area contributed by atoms with Crippen molar-refractivity contribution in [2.24, 2.45) is 0 Å². The summed E-state index contributed by atoms with van der Waals surface area (Å²) in [5, 5.41) is 9.41. The van der Waals surface area contributed by atoms with Gasteiger partial charge in [0.15, 0.2) is 0 Å². The summed E-state index contributed by atoms with van der Waals surface area (Å²) in [6, 6.07) is 0. The maximum atomic E-state index is 9.41. The molecule has 0 aromatic heterocycles. The molecule has 60 valence electrons. The number of ether oxygens (including phenoxy) is 2. The molecular formula is C7H14O3. The molecule has 0 aliphatic carbocycles. The molecule has 1 aliphatic heterocycles. The predicted octanol–water partition coefficient (Wildman–Crippen LogP) is 0.173. The summed E-state index contributed by atoms with van der Waals surface area (Å²) in [6.07, 6.45) is 0.185. The molecule has 1 aliphatic rings. The molecule has 0 amide bonds. The lowest BCUT2D eigenvalue weighted by molar-refractivity contribution is -0.209. The van der Waals surface area contributed by atoms with E-state index in [0.29, 0.717) is 19.8 Å². The Balaban J connectivity index is 2.12. The molecule has 10 heavy (non-hydrogen) atoms. The van der Waals surface area contributed by atoms with Crippen LogP contribution in [0.2, 0.25) is 0 Å². The van der Waals surface area contributed by atoms with Crippen molar-refractivity contribution in [3.63, 3.8) is 0 Å². The van der Waals surface area contributed by atoms with Crippen molar-refractivity contribution in [1.82, 2.24) is 0 Å². The average molecular weight is 146 g/mol. The highest BCUT2D eigenvalue weighted by atomic mass is 16.6. The van der Waals surface area contributed by atoms with Crippen molar-refractivity contribution >= 4 is 0 Å². The number of hydrogen-bond donors (Lipinski definition) is 1. The second-order valence-electron chi connectivity index (χ2n) is 3.08. The molecule has 3 heteroatoms. The SMILES string of the molecule is CC(C)OCC1(O)COC1. The third kappa shape index (κ3) is 1.94. The van der Waals surface area contributed by atoms with Gasteiger partial charge < -0.3 is 14.6 Å². The minimum absolute atomic E-state index is 0.185. The van der Waals surface area contributed by atoms with Crippen LogP contribution in [0, 0.1) is 0 Å². The van der Waals surface area contributed by atoms with Gasteiger partial charge in [0.25, 0.3) is 0 Å². The van der Waals surface area contributed by atoms with Gasteiger partial charge in [-0.15, -0.1) is 0 Å². The van der Waals surface area contributed by atoms with E-state index in [1.165, 1.54) is 0 Å². The molecule has 1 fully saturated rings. The Morgan fingerprint density at radius 1 is 1.60 bits per heavy atom. The van der Waals surface area contributed by atoms with E-state index in [4.69, 9.17) is 9.47 Å². The van der Waals surface area contributed by atoms with Crippen molar-refractivity contribution in [3.8, 4) is 0 Å². The number of hydrogen-bond acceptors (Lipinski definition) is 3. The van der Waals surface area contributed by atoms with Crippen molar-refractivity contribution in [2.45, 2.75) is 25.6 Å². The fraction of sp³-hybridized carbons (Fsp3) is 1.00. The second-order valence-corrected chi connectivity index (χ2v) is 3.08. The van der Waals surface area contributed by atoms with Crippen LogP contribution in [0.25, 0.3) is 0 Å². The Morgan fingerprint density at radius 3 is 2.50 bits per heavy atom. The first-order valence-corrected chi connectivity index (χ1v) is 3.54. The second kappa shape index (κ2) is 2.86. The molecule has 0 unspecified atom stereocenters. The quantitative estimate of drug-likeness (QED) is 0.617. The van der Waals surface area contributed by atoms with E-state index in [2.05, 4.69) is 0 Å². The maximum absolute atomic E-state index is 9.41. The van der Waals surface area contributed by atoms with Gasteiger partial charge in [-0.2, -0.15) is 0 Å². The van der Waals surface area contributed by atoms with E-state index in [-0.39, 0.29) is 6.10 Å². The van der Waals surface area contributed by atoms with Crippen molar-refractivity contribution in [2.75, 3.05) is 19.8 Å². The lowest BCUT2D eigenvalue weighted by atomic mass is 10.0. The molecule has 0 radical (unpaired) electrons. The Morgan fingerprint density at radius 2 is 2.20 bits per heavy atom. The van der Waals surface area contributed by atoms with E-state index in [1.54, 1.807) is 0 Å². The van der Waals surface area contributed by atoms with Crippen LogP contribution in [0.4, 0.5) is 0 Å². The highest BCUT2D eigenvalue weighted by Crippen LogP contribution is 2.16. The van der Waals surface area contributed by atoms with E-state index in [1.807, 2.05) is 13.8 Å².